The van der Waals surface area contributed by atoms with E-state index in [0.717, 1.165) is 43.8 Å². The lowest BCUT2D eigenvalue weighted by Crippen LogP contribution is -2.35. The second-order valence-electron chi connectivity index (χ2n) is 9.06. The van der Waals surface area contributed by atoms with Gasteiger partial charge in [0.25, 0.3) is 5.91 Å². The van der Waals surface area contributed by atoms with Crippen LogP contribution in [0.2, 0.25) is 0 Å². The number of piperidine rings is 1. The van der Waals surface area contributed by atoms with E-state index in [1.807, 2.05) is 24.3 Å². The molecule has 0 N–H and O–H groups in total. The third-order valence-corrected chi connectivity index (χ3v) is 6.68. The number of hydrogen-bond donors (Lipinski definition) is 0. The molecular weight excluding hydrogens is 452 g/mol. The van der Waals surface area contributed by atoms with Crippen molar-refractivity contribution < 1.29 is 9.53 Å². The Labute approximate surface area is 195 Å². The highest BCUT2D eigenvalue weighted by atomic mass is 79.9. The summed E-state index contributed by atoms with van der Waals surface area (Å²) in [7, 11) is 3.59. The van der Waals surface area contributed by atoms with E-state index in [2.05, 4.69) is 52.9 Å². The van der Waals surface area contributed by atoms with Gasteiger partial charge < -0.3 is 14.5 Å². The minimum atomic E-state index is 0.0664. The number of nitrogens with zero attached hydrogens (tertiary/aromatic N) is 2. The first kappa shape index (κ1) is 23.8. The Kier molecular flexibility index (Phi) is 8.56. The van der Waals surface area contributed by atoms with Crippen molar-refractivity contribution in [1.29, 1.82) is 0 Å². The maximum atomic E-state index is 12.2. The second-order valence-corrected chi connectivity index (χ2v) is 9.91. The summed E-state index contributed by atoms with van der Waals surface area (Å²) in [5.74, 6) is 1.74. The fourth-order valence-electron chi connectivity index (χ4n) is 4.18. The average Bonchev–Trinajstić information content (AvgIpc) is 2.75. The molecular formula is C26H35BrN2O2. The lowest BCUT2D eigenvalue weighted by molar-refractivity contribution is 0.0827. The molecule has 0 aliphatic carbocycles. The summed E-state index contributed by atoms with van der Waals surface area (Å²) < 4.78 is 7.05. The van der Waals surface area contributed by atoms with Crippen molar-refractivity contribution in [2.75, 3.05) is 33.7 Å². The molecule has 2 aromatic carbocycles. The predicted molar refractivity (Wildman–Crippen MR) is 131 cm³/mol. The summed E-state index contributed by atoms with van der Waals surface area (Å²) in [6.07, 6.45) is 4.72. The zero-order chi connectivity index (χ0) is 22.4. The van der Waals surface area contributed by atoms with E-state index in [1.165, 1.54) is 28.4 Å². The molecule has 168 valence electrons. The van der Waals surface area contributed by atoms with Crippen LogP contribution in [0, 0.1) is 5.92 Å². The molecule has 1 saturated heterocycles. The van der Waals surface area contributed by atoms with Crippen molar-refractivity contribution in [3.8, 4) is 5.75 Å². The predicted octanol–water partition coefficient (Wildman–Crippen LogP) is 5.44. The SMILES string of the molecule is CC(C)Oc1ccc(Br)c(CC2CCN(CCc3cccc(C(=O)N(C)C)c3)CC2)c1. The highest BCUT2D eigenvalue weighted by Crippen LogP contribution is 2.29. The van der Waals surface area contributed by atoms with Crippen molar-refractivity contribution in [3.05, 3.63) is 63.6 Å². The Morgan fingerprint density at radius 3 is 2.58 bits per heavy atom. The number of hydrogen-bond acceptors (Lipinski definition) is 3. The Morgan fingerprint density at radius 2 is 1.90 bits per heavy atom. The molecule has 5 heteroatoms. The first-order valence-corrected chi connectivity index (χ1v) is 12.1. The van der Waals surface area contributed by atoms with E-state index in [9.17, 15) is 4.79 Å². The highest BCUT2D eigenvalue weighted by molar-refractivity contribution is 9.10. The summed E-state index contributed by atoms with van der Waals surface area (Å²) in [5, 5.41) is 0. The number of carbonyl (C=O) groups is 1. The van der Waals surface area contributed by atoms with Crippen LogP contribution in [0.4, 0.5) is 0 Å². The van der Waals surface area contributed by atoms with Gasteiger partial charge in [0.1, 0.15) is 5.75 Å². The number of ether oxygens (including phenoxy) is 1. The van der Waals surface area contributed by atoms with Crippen molar-refractivity contribution in [3.63, 3.8) is 0 Å². The maximum absolute atomic E-state index is 12.2. The van der Waals surface area contributed by atoms with Crippen LogP contribution in [0.15, 0.2) is 46.9 Å². The van der Waals surface area contributed by atoms with Gasteiger partial charge in [-0.15, -0.1) is 0 Å². The standard InChI is InChI=1S/C26H35BrN2O2/c1-19(2)31-24-8-9-25(27)23(18-24)17-21-11-14-29(15-12-21)13-10-20-6-5-7-22(16-20)26(30)28(3)4/h5-9,16,18-19,21H,10-15,17H2,1-4H3. The topological polar surface area (TPSA) is 32.8 Å². The van der Waals surface area contributed by atoms with Crippen LogP contribution in [0.3, 0.4) is 0 Å². The van der Waals surface area contributed by atoms with Crippen LogP contribution in [0.25, 0.3) is 0 Å². The minimum Gasteiger partial charge on any atom is -0.491 e. The van der Waals surface area contributed by atoms with E-state index in [-0.39, 0.29) is 12.0 Å². The van der Waals surface area contributed by atoms with Gasteiger partial charge in [-0.05, 0) is 100.0 Å². The van der Waals surface area contributed by atoms with Gasteiger partial charge in [-0.25, -0.2) is 0 Å². The van der Waals surface area contributed by atoms with E-state index in [1.54, 1.807) is 19.0 Å². The van der Waals surface area contributed by atoms with Crippen molar-refractivity contribution in [2.45, 2.75) is 45.6 Å². The van der Waals surface area contributed by atoms with Crippen molar-refractivity contribution in [2.24, 2.45) is 5.92 Å². The molecule has 0 bridgehead atoms. The molecule has 0 spiro atoms. The first-order chi connectivity index (χ1) is 14.8. The number of likely N-dealkylation sites (tertiary alicyclic amines) is 1. The van der Waals surface area contributed by atoms with Crippen molar-refractivity contribution in [1.82, 2.24) is 9.80 Å². The quantitative estimate of drug-likeness (QED) is 0.498. The number of carbonyl (C=O) groups excluding carboxylic acids is 1. The van der Waals surface area contributed by atoms with Crippen LogP contribution in [0.5, 0.6) is 5.75 Å². The number of benzene rings is 2. The fraction of sp³-hybridized carbons (Fsp3) is 0.500. The Bertz CT molecular complexity index is 873. The van der Waals surface area contributed by atoms with Gasteiger partial charge in [0.15, 0.2) is 0 Å². The van der Waals surface area contributed by atoms with Gasteiger partial charge in [0.05, 0.1) is 6.10 Å². The molecule has 1 amide bonds. The molecule has 1 fully saturated rings. The minimum absolute atomic E-state index is 0.0664. The van der Waals surface area contributed by atoms with E-state index in [4.69, 9.17) is 4.74 Å². The van der Waals surface area contributed by atoms with Gasteiger partial charge in [0, 0.05) is 30.7 Å². The van der Waals surface area contributed by atoms with Gasteiger partial charge in [0.2, 0.25) is 0 Å². The molecule has 0 atom stereocenters. The molecule has 1 aliphatic heterocycles. The third kappa shape index (κ3) is 7.08. The summed E-state index contributed by atoms with van der Waals surface area (Å²) in [5.41, 5.74) is 3.36. The number of amides is 1. The van der Waals surface area contributed by atoms with Gasteiger partial charge in [-0.1, -0.05) is 28.1 Å². The summed E-state index contributed by atoms with van der Waals surface area (Å²) in [6, 6.07) is 14.4. The van der Waals surface area contributed by atoms with Crippen LogP contribution in [-0.4, -0.2) is 55.5 Å². The van der Waals surface area contributed by atoms with Crippen LogP contribution in [-0.2, 0) is 12.8 Å². The smallest absolute Gasteiger partial charge is 0.253 e. The molecule has 1 heterocycles. The molecule has 31 heavy (non-hydrogen) atoms. The van der Waals surface area contributed by atoms with Gasteiger partial charge >= 0.3 is 0 Å². The first-order valence-electron chi connectivity index (χ1n) is 11.3. The zero-order valence-electron chi connectivity index (χ0n) is 19.2. The molecule has 4 nitrogen and oxygen atoms in total. The zero-order valence-corrected chi connectivity index (χ0v) is 20.8. The monoisotopic (exact) mass is 486 g/mol. The van der Waals surface area contributed by atoms with E-state index >= 15 is 0 Å². The molecule has 0 saturated carbocycles. The molecule has 0 aromatic heterocycles. The molecule has 0 radical (unpaired) electrons. The maximum Gasteiger partial charge on any atom is 0.253 e. The van der Waals surface area contributed by atoms with E-state index < -0.39 is 0 Å². The number of halogens is 1. The molecule has 2 aromatic rings. The summed E-state index contributed by atoms with van der Waals surface area (Å²) in [6.45, 7) is 7.46. The molecule has 0 unspecified atom stereocenters. The van der Waals surface area contributed by atoms with Crippen LogP contribution >= 0.6 is 15.9 Å². The average molecular weight is 487 g/mol. The van der Waals surface area contributed by atoms with E-state index in [0.29, 0.717) is 5.92 Å². The number of rotatable bonds is 8. The Balaban J connectivity index is 1.48. The largest absolute Gasteiger partial charge is 0.491 e. The lowest BCUT2D eigenvalue weighted by atomic mass is 9.90. The van der Waals surface area contributed by atoms with Gasteiger partial charge in [-0.2, -0.15) is 0 Å². The third-order valence-electron chi connectivity index (χ3n) is 5.90. The summed E-state index contributed by atoms with van der Waals surface area (Å²) >= 11 is 3.72. The normalized spacial score (nSPS) is 15.3. The van der Waals surface area contributed by atoms with Gasteiger partial charge in [-0.3, -0.25) is 4.79 Å². The van der Waals surface area contributed by atoms with Crippen molar-refractivity contribution >= 4 is 21.8 Å². The fourth-order valence-corrected chi connectivity index (χ4v) is 4.59. The Morgan fingerprint density at radius 1 is 1.16 bits per heavy atom. The summed E-state index contributed by atoms with van der Waals surface area (Å²) in [4.78, 5) is 16.4. The Hall–Kier alpha value is -1.85. The van der Waals surface area contributed by atoms with Crippen LogP contribution in [0.1, 0.15) is 48.2 Å². The second kappa shape index (κ2) is 11.1. The molecule has 3 rings (SSSR count). The van der Waals surface area contributed by atoms with Crippen LogP contribution < -0.4 is 4.74 Å². The highest BCUT2D eigenvalue weighted by Gasteiger charge is 2.20. The molecule has 1 aliphatic rings. The lowest BCUT2D eigenvalue weighted by Gasteiger charge is -2.32.